The molecule has 0 bridgehead atoms. The van der Waals surface area contributed by atoms with Gasteiger partial charge in [-0.3, -0.25) is 9.69 Å². The lowest BCUT2D eigenvalue weighted by atomic mass is 10.0. The van der Waals surface area contributed by atoms with Gasteiger partial charge >= 0.3 is 0 Å². The smallest absolute Gasteiger partial charge is 0.253 e. The molecule has 1 fully saturated rings. The van der Waals surface area contributed by atoms with E-state index in [-0.39, 0.29) is 5.91 Å². The van der Waals surface area contributed by atoms with E-state index in [1.165, 1.54) is 0 Å². The van der Waals surface area contributed by atoms with Crippen molar-refractivity contribution in [2.45, 2.75) is 19.9 Å². The Kier molecular flexibility index (Phi) is 5.53. The normalized spacial score (nSPS) is 15.4. The molecule has 5 heteroatoms. The van der Waals surface area contributed by atoms with Crippen LogP contribution in [0.25, 0.3) is 11.1 Å². The fourth-order valence-electron chi connectivity index (χ4n) is 3.70. The molecule has 3 aromatic rings. The summed E-state index contributed by atoms with van der Waals surface area (Å²) in [5.41, 5.74) is 3.90. The van der Waals surface area contributed by atoms with Crippen molar-refractivity contribution in [1.29, 1.82) is 0 Å². The molecule has 1 saturated heterocycles. The second-order valence-electron chi connectivity index (χ2n) is 7.30. The van der Waals surface area contributed by atoms with E-state index in [4.69, 9.17) is 4.52 Å². The highest BCUT2D eigenvalue weighted by Crippen LogP contribution is 2.21. The van der Waals surface area contributed by atoms with Gasteiger partial charge < -0.3 is 9.42 Å². The highest BCUT2D eigenvalue weighted by atomic mass is 16.5. The summed E-state index contributed by atoms with van der Waals surface area (Å²) in [4.78, 5) is 17.4. The van der Waals surface area contributed by atoms with Gasteiger partial charge in [0.25, 0.3) is 5.91 Å². The molecule has 0 radical (unpaired) electrons. The molecule has 1 aliphatic rings. The standard InChI is InChI=1S/C23H25N3O2/c1-18-15-22(24-28-18)17-25-11-6-12-26(14-13-25)23(27)21-10-5-9-20(16-21)19-7-3-2-4-8-19/h2-5,7-10,15-16H,6,11-14,17H2,1H3. The number of amides is 1. The van der Waals surface area contributed by atoms with Crippen molar-refractivity contribution in [3.8, 4) is 11.1 Å². The summed E-state index contributed by atoms with van der Waals surface area (Å²) in [6, 6.07) is 20.1. The van der Waals surface area contributed by atoms with Crippen LogP contribution in [0.1, 0.15) is 28.2 Å². The van der Waals surface area contributed by atoms with Crippen LogP contribution >= 0.6 is 0 Å². The Morgan fingerprint density at radius 2 is 1.79 bits per heavy atom. The van der Waals surface area contributed by atoms with Gasteiger partial charge in [0.2, 0.25) is 0 Å². The molecule has 0 atom stereocenters. The molecule has 28 heavy (non-hydrogen) atoms. The third kappa shape index (κ3) is 4.31. The zero-order valence-corrected chi connectivity index (χ0v) is 16.2. The number of aromatic nitrogens is 1. The first kappa shape index (κ1) is 18.4. The number of rotatable bonds is 4. The molecule has 2 aromatic carbocycles. The lowest BCUT2D eigenvalue weighted by Crippen LogP contribution is -2.35. The van der Waals surface area contributed by atoms with E-state index in [9.17, 15) is 4.79 Å². The molecular formula is C23H25N3O2. The Morgan fingerprint density at radius 3 is 2.57 bits per heavy atom. The number of hydrogen-bond donors (Lipinski definition) is 0. The highest BCUT2D eigenvalue weighted by molar-refractivity contribution is 5.95. The van der Waals surface area contributed by atoms with Crippen molar-refractivity contribution in [1.82, 2.24) is 15.0 Å². The summed E-state index contributed by atoms with van der Waals surface area (Å²) in [6.45, 7) is 5.98. The van der Waals surface area contributed by atoms with E-state index in [1.807, 2.05) is 54.3 Å². The molecule has 0 spiro atoms. The van der Waals surface area contributed by atoms with Crippen LogP contribution in [0.4, 0.5) is 0 Å². The van der Waals surface area contributed by atoms with Crippen LogP contribution in [0, 0.1) is 6.92 Å². The summed E-state index contributed by atoms with van der Waals surface area (Å²) in [7, 11) is 0. The minimum absolute atomic E-state index is 0.108. The van der Waals surface area contributed by atoms with Crippen molar-refractivity contribution in [3.63, 3.8) is 0 Å². The van der Waals surface area contributed by atoms with Gasteiger partial charge in [0, 0.05) is 44.4 Å². The van der Waals surface area contributed by atoms with Crippen molar-refractivity contribution in [2.24, 2.45) is 0 Å². The van der Waals surface area contributed by atoms with Crippen LogP contribution in [0.5, 0.6) is 0 Å². The second kappa shape index (κ2) is 8.40. The van der Waals surface area contributed by atoms with Gasteiger partial charge in [-0.15, -0.1) is 0 Å². The number of benzene rings is 2. The Morgan fingerprint density at radius 1 is 0.964 bits per heavy atom. The van der Waals surface area contributed by atoms with E-state index < -0.39 is 0 Å². The summed E-state index contributed by atoms with van der Waals surface area (Å²) in [6.07, 6.45) is 0.959. The number of carbonyl (C=O) groups excluding carboxylic acids is 1. The van der Waals surface area contributed by atoms with Crippen LogP contribution in [-0.2, 0) is 6.54 Å². The van der Waals surface area contributed by atoms with Crippen LogP contribution in [0.3, 0.4) is 0 Å². The van der Waals surface area contributed by atoms with Crippen LogP contribution < -0.4 is 0 Å². The first-order valence-corrected chi connectivity index (χ1v) is 9.78. The maximum atomic E-state index is 13.1. The van der Waals surface area contributed by atoms with Crippen LogP contribution in [0.15, 0.2) is 65.2 Å². The van der Waals surface area contributed by atoms with E-state index in [2.05, 4.69) is 28.3 Å². The predicted octanol–water partition coefficient (Wildman–Crippen LogP) is 4.00. The third-order valence-electron chi connectivity index (χ3n) is 5.15. The summed E-state index contributed by atoms with van der Waals surface area (Å²) in [5.74, 6) is 0.942. The molecule has 0 saturated carbocycles. The molecule has 2 heterocycles. The van der Waals surface area contributed by atoms with E-state index >= 15 is 0 Å². The SMILES string of the molecule is Cc1cc(CN2CCCN(C(=O)c3cccc(-c4ccccc4)c3)CC2)no1. The summed E-state index contributed by atoms with van der Waals surface area (Å²) >= 11 is 0. The monoisotopic (exact) mass is 375 g/mol. The zero-order chi connectivity index (χ0) is 19.3. The largest absolute Gasteiger partial charge is 0.361 e. The molecule has 5 nitrogen and oxygen atoms in total. The molecule has 0 unspecified atom stereocenters. The second-order valence-corrected chi connectivity index (χ2v) is 7.30. The molecule has 1 aliphatic heterocycles. The van der Waals surface area contributed by atoms with Gasteiger partial charge in [0.05, 0.1) is 5.69 Å². The maximum absolute atomic E-state index is 13.1. The fraction of sp³-hybridized carbons (Fsp3) is 0.304. The van der Waals surface area contributed by atoms with E-state index in [1.54, 1.807) is 0 Å². The number of hydrogen-bond acceptors (Lipinski definition) is 4. The fourth-order valence-corrected chi connectivity index (χ4v) is 3.70. The first-order valence-electron chi connectivity index (χ1n) is 9.78. The topological polar surface area (TPSA) is 49.6 Å². The maximum Gasteiger partial charge on any atom is 0.253 e. The van der Waals surface area contributed by atoms with Crippen molar-refractivity contribution in [3.05, 3.63) is 77.7 Å². The van der Waals surface area contributed by atoms with Crippen molar-refractivity contribution < 1.29 is 9.32 Å². The number of aryl methyl sites for hydroxylation is 1. The Labute approximate surface area is 165 Å². The van der Waals surface area contributed by atoms with Gasteiger partial charge in [-0.1, -0.05) is 47.6 Å². The molecule has 1 aromatic heterocycles. The lowest BCUT2D eigenvalue weighted by Gasteiger charge is -2.22. The molecule has 4 rings (SSSR count). The Hall–Kier alpha value is -2.92. The Bertz CT molecular complexity index is 936. The van der Waals surface area contributed by atoms with Gasteiger partial charge in [-0.05, 0) is 36.6 Å². The third-order valence-corrected chi connectivity index (χ3v) is 5.15. The minimum Gasteiger partial charge on any atom is -0.361 e. The average molecular weight is 375 g/mol. The molecule has 0 N–H and O–H groups in total. The molecule has 1 amide bonds. The first-order chi connectivity index (χ1) is 13.7. The molecular weight excluding hydrogens is 350 g/mol. The minimum atomic E-state index is 0.108. The van der Waals surface area contributed by atoms with Crippen molar-refractivity contribution in [2.75, 3.05) is 26.2 Å². The van der Waals surface area contributed by atoms with E-state index in [0.29, 0.717) is 0 Å². The van der Waals surface area contributed by atoms with Crippen LogP contribution in [-0.4, -0.2) is 47.0 Å². The molecule has 0 aliphatic carbocycles. The zero-order valence-electron chi connectivity index (χ0n) is 16.2. The Balaban J connectivity index is 1.42. The average Bonchev–Trinajstić information content (AvgIpc) is 3.00. The van der Waals surface area contributed by atoms with Gasteiger partial charge in [-0.2, -0.15) is 0 Å². The number of carbonyl (C=O) groups is 1. The summed E-state index contributed by atoms with van der Waals surface area (Å²) in [5, 5.41) is 4.08. The van der Waals surface area contributed by atoms with Gasteiger partial charge in [0.15, 0.2) is 0 Å². The highest BCUT2D eigenvalue weighted by Gasteiger charge is 2.21. The summed E-state index contributed by atoms with van der Waals surface area (Å²) < 4.78 is 5.16. The van der Waals surface area contributed by atoms with Crippen molar-refractivity contribution >= 4 is 5.91 Å². The van der Waals surface area contributed by atoms with Crippen LogP contribution in [0.2, 0.25) is 0 Å². The molecule has 144 valence electrons. The van der Waals surface area contributed by atoms with Gasteiger partial charge in [-0.25, -0.2) is 0 Å². The number of nitrogens with zero attached hydrogens (tertiary/aromatic N) is 3. The lowest BCUT2D eigenvalue weighted by molar-refractivity contribution is 0.0761. The predicted molar refractivity (Wildman–Crippen MR) is 109 cm³/mol. The van der Waals surface area contributed by atoms with E-state index in [0.717, 1.165) is 67.3 Å². The van der Waals surface area contributed by atoms with Gasteiger partial charge in [0.1, 0.15) is 5.76 Å². The quantitative estimate of drug-likeness (QED) is 0.692.